The van der Waals surface area contributed by atoms with E-state index in [-0.39, 0.29) is 0 Å². The lowest BCUT2D eigenvalue weighted by Gasteiger charge is -2.42. The van der Waals surface area contributed by atoms with Gasteiger partial charge in [-0.25, -0.2) is 0 Å². The topological polar surface area (TPSA) is 12.0 Å². The van der Waals surface area contributed by atoms with Gasteiger partial charge in [0.15, 0.2) is 0 Å². The third kappa shape index (κ3) is 2.58. The molecule has 0 bridgehead atoms. The monoisotopic (exact) mass is 257 g/mol. The van der Waals surface area contributed by atoms with E-state index in [0.29, 0.717) is 11.5 Å². The first-order valence-electron chi connectivity index (χ1n) is 8.07. The predicted octanol–water partition coefficient (Wildman–Crippen LogP) is 4.41. The lowest BCUT2D eigenvalue weighted by molar-refractivity contribution is 0.120. The summed E-state index contributed by atoms with van der Waals surface area (Å²) in [5.74, 6) is 0. The first kappa shape index (κ1) is 13.2. The third-order valence-corrected chi connectivity index (χ3v) is 5.57. The zero-order chi connectivity index (χ0) is 13.3. The summed E-state index contributed by atoms with van der Waals surface area (Å²) in [7, 11) is 0. The van der Waals surface area contributed by atoms with Crippen LogP contribution < -0.4 is 5.32 Å². The van der Waals surface area contributed by atoms with Gasteiger partial charge in [0.2, 0.25) is 0 Å². The van der Waals surface area contributed by atoms with Gasteiger partial charge in [0.05, 0.1) is 0 Å². The number of rotatable bonds is 5. The van der Waals surface area contributed by atoms with Crippen molar-refractivity contribution in [3.8, 4) is 0 Å². The Balaban J connectivity index is 1.62. The van der Waals surface area contributed by atoms with E-state index in [1.807, 2.05) is 0 Å². The maximum atomic E-state index is 3.78. The number of hydrogen-bond acceptors (Lipinski definition) is 1. The number of hydrogen-bond donors (Lipinski definition) is 1. The zero-order valence-electron chi connectivity index (χ0n) is 12.5. The molecule has 0 heterocycles. The SMILES string of the molecule is CCC1(CNC(C)c2ccc3c(c2)CCC3)CCC1. The van der Waals surface area contributed by atoms with Gasteiger partial charge in [0.1, 0.15) is 0 Å². The first-order chi connectivity index (χ1) is 9.22. The summed E-state index contributed by atoms with van der Waals surface area (Å²) in [6.07, 6.45) is 9.53. The van der Waals surface area contributed by atoms with E-state index in [1.165, 1.54) is 57.1 Å². The third-order valence-electron chi connectivity index (χ3n) is 5.57. The number of benzene rings is 1. The van der Waals surface area contributed by atoms with Crippen molar-refractivity contribution < 1.29 is 0 Å². The van der Waals surface area contributed by atoms with Crippen LogP contribution in [0.4, 0.5) is 0 Å². The molecule has 1 N–H and O–H groups in total. The van der Waals surface area contributed by atoms with Crippen molar-refractivity contribution >= 4 is 0 Å². The summed E-state index contributed by atoms with van der Waals surface area (Å²) in [5, 5.41) is 3.78. The summed E-state index contributed by atoms with van der Waals surface area (Å²) in [5.41, 5.74) is 5.27. The Hall–Kier alpha value is -0.820. The minimum absolute atomic E-state index is 0.495. The molecule has 2 aliphatic rings. The highest BCUT2D eigenvalue weighted by atomic mass is 14.9. The van der Waals surface area contributed by atoms with Gasteiger partial charge in [0, 0.05) is 12.6 Å². The van der Waals surface area contributed by atoms with Crippen LogP contribution >= 0.6 is 0 Å². The fraction of sp³-hybridized carbons (Fsp3) is 0.667. The summed E-state index contributed by atoms with van der Waals surface area (Å²) < 4.78 is 0. The van der Waals surface area contributed by atoms with Gasteiger partial charge in [-0.2, -0.15) is 0 Å². The Kier molecular flexibility index (Phi) is 3.66. The molecule has 1 saturated carbocycles. The van der Waals surface area contributed by atoms with Crippen molar-refractivity contribution in [2.24, 2.45) is 5.41 Å². The molecule has 0 saturated heterocycles. The van der Waals surface area contributed by atoms with E-state index >= 15 is 0 Å². The second kappa shape index (κ2) is 5.28. The molecule has 0 radical (unpaired) electrons. The molecule has 1 nitrogen and oxygen atoms in total. The average molecular weight is 257 g/mol. The minimum Gasteiger partial charge on any atom is -0.310 e. The van der Waals surface area contributed by atoms with Gasteiger partial charge < -0.3 is 5.32 Å². The van der Waals surface area contributed by atoms with Crippen LogP contribution in [0.25, 0.3) is 0 Å². The maximum Gasteiger partial charge on any atom is 0.0292 e. The van der Waals surface area contributed by atoms with E-state index < -0.39 is 0 Å². The molecule has 0 aliphatic heterocycles. The highest BCUT2D eigenvalue weighted by Gasteiger charge is 2.34. The molecule has 1 unspecified atom stereocenters. The molecular weight excluding hydrogens is 230 g/mol. The Morgan fingerprint density at radius 3 is 2.63 bits per heavy atom. The summed E-state index contributed by atoms with van der Waals surface area (Å²) in [6.45, 7) is 5.86. The van der Waals surface area contributed by atoms with Crippen LogP contribution in [-0.4, -0.2) is 6.54 Å². The lowest BCUT2D eigenvalue weighted by atomic mass is 9.67. The Morgan fingerprint density at radius 2 is 1.95 bits per heavy atom. The van der Waals surface area contributed by atoms with Crippen LogP contribution in [0.5, 0.6) is 0 Å². The molecule has 1 aromatic carbocycles. The molecule has 1 fully saturated rings. The van der Waals surface area contributed by atoms with Crippen molar-refractivity contribution in [1.82, 2.24) is 5.32 Å². The van der Waals surface area contributed by atoms with E-state index in [9.17, 15) is 0 Å². The molecule has 0 amide bonds. The normalized spacial score (nSPS) is 21.8. The summed E-state index contributed by atoms with van der Waals surface area (Å²) >= 11 is 0. The average Bonchev–Trinajstić information content (AvgIpc) is 2.84. The Labute approximate surface area is 117 Å². The maximum absolute atomic E-state index is 3.78. The minimum atomic E-state index is 0.495. The van der Waals surface area contributed by atoms with E-state index in [1.54, 1.807) is 11.1 Å². The van der Waals surface area contributed by atoms with Gasteiger partial charge in [-0.05, 0) is 67.6 Å². The molecule has 0 spiro atoms. The van der Waals surface area contributed by atoms with Gasteiger partial charge in [0.25, 0.3) is 0 Å². The molecule has 19 heavy (non-hydrogen) atoms. The van der Waals surface area contributed by atoms with Gasteiger partial charge in [-0.1, -0.05) is 31.5 Å². The molecular formula is C18H27N. The molecule has 104 valence electrons. The number of fused-ring (bicyclic) bond motifs is 1. The Bertz CT molecular complexity index is 439. The van der Waals surface area contributed by atoms with Crippen LogP contribution in [0.1, 0.15) is 68.7 Å². The van der Waals surface area contributed by atoms with Crippen LogP contribution in [0.3, 0.4) is 0 Å². The van der Waals surface area contributed by atoms with Crippen LogP contribution in [0, 0.1) is 5.41 Å². The van der Waals surface area contributed by atoms with E-state index in [2.05, 4.69) is 37.4 Å². The second-order valence-corrected chi connectivity index (χ2v) is 6.69. The van der Waals surface area contributed by atoms with E-state index in [4.69, 9.17) is 0 Å². The summed E-state index contributed by atoms with van der Waals surface area (Å²) in [4.78, 5) is 0. The molecule has 1 heteroatoms. The largest absolute Gasteiger partial charge is 0.310 e. The summed E-state index contributed by atoms with van der Waals surface area (Å²) in [6, 6.07) is 7.63. The van der Waals surface area contributed by atoms with Crippen molar-refractivity contribution in [3.63, 3.8) is 0 Å². The van der Waals surface area contributed by atoms with E-state index in [0.717, 1.165) is 0 Å². The smallest absolute Gasteiger partial charge is 0.0292 e. The van der Waals surface area contributed by atoms with Gasteiger partial charge >= 0.3 is 0 Å². The van der Waals surface area contributed by atoms with Crippen LogP contribution in [0.2, 0.25) is 0 Å². The predicted molar refractivity (Wildman–Crippen MR) is 81.5 cm³/mol. The van der Waals surface area contributed by atoms with Crippen molar-refractivity contribution in [2.75, 3.05) is 6.54 Å². The fourth-order valence-electron chi connectivity index (χ4n) is 3.68. The van der Waals surface area contributed by atoms with Gasteiger partial charge in [-0.3, -0.25) is 0 Å². The lowest BCUT2D eigenvalue weighted by Crippen LogP contribution is -2.40. The molecule has 3 rings (SSSR count). The molecule has 0 aromatic heterocycles. The zero-order valence-corrected chi connectivity index (χ0v) is 12.5. The Morgan fingerprint density at radius 1 is 1.16 bits per heavy atom. The number of aryl methyl sites for hydroxylation is 2. The van der Waals surface area contributed by atoms with Crippen LogP contribution in [-0.2, 0) is 12.8 Å². The molecule has 1 aromatic rings. The highest BCUT2D eigenvalue weighted by Crippen LogP contribution is 2.43. The van der Waals surface area contributed by atoms with Crippen molar-refractivity contribution in [3.05, 3.63) is 34.9 Å². The van der Waals surface area contributed by atoms with Crippen molar-refractivity contribution in [1.29, 1.82) is 0 Å². The van der Waals surface area contributed by atoms with Crippen LogP contribution in [0.15, 0.2) is 18.2 Å². The molecule has 1 atom stereocenters. The first-order valence-corrected chi connectivity index (χ1v) is 8.07. The quantitative estimate of drug-likeness (QED) is 0.824. The fourth-order valence-corrected chi connectivity index (χ4v) is 3.68. The van der Waals surface area contributed by atoms with Crippen molar-refractivity contribution in [2.45, 2.75) is 64.8 Å². The standard InChI is InChI=1S/C18H27N/c1-3-18(10-5-11-18)13-19-14(2)16-9-8-15-6-4-7-17(15)12-16/h8-9,12,14,19H,3-7,10-11,13H2,1-2H3. The highest BCUT2D eigenvalue weighted by molar-refractivity contribution is 5.36. The van der Waals surface area contributed by atoms with Gasteiger partial charge in [-0.15, -0.1) is 0 Å². The molecule has 2 aliphatic carbocycles. The second-order valence-electron chi connectivity index (χ2n) is 6.69. The number of nitrogens with one attached hydrogen (secondary N) is 1.